The minimum Gasteiger partial charge on any atom is -0.266 e. The number of nitriles is 1. The van der Waals surface area contributed by atoms with Gasteiger partial charge in [0.1, 0.15) is 11.9 Å². The van der Waals surface area contributed by atoms with Crippen LogP contribution in [-0.4, -0.2) is 30.6 Å². The lowest BCUT2D eigenvalue weighted by atomic mass is 9.86. The number of pyridine rings is 2. The second kappa shape index (κ2) is 8.63. The van der Waals surface area contributed by atoms with Gasteiger partial charge in [-0.3, -0.25) is 14.6 Å². The first-order valence-electron chi connectivity index (χ1n) is 11.5. The SMILES string of the molecule is Cn1nc(-c2ccc(C(C)(C)C#N)cc2)c2c3cc(-c4ccc(C[S+](C)(=O)O)nc4)ccc3ncc21. The highest BCUT2D eigenvalue weighted by molar-refractivity contribution is 7.96. The van der Waals surface area contributed by atoms with Gasteiger partial charge in [0.25, 0.3) is 0 Å². The van der Waals surface area contributed by atoms with Gasteiger partial charge in [0.2, 0.25) is 10.2 Å². The standard InChI is InChI=1S/C28H25N5O2S/c1-28(2,17-29)21-9-5-18(6-10-21)27-26-23-13-19(8-12-24(23)31-15-25(26)33(3)32-27)20-7-11-22(30-14-20)16-36(4,34)35/h5-15H,16H2,1-4H3/p+1. The van der Waals surface area contributed by atoms with E-state index >= 15 is 0 Å². The van der Waals surface area contributed by atoms with Gasteiger partial charge in [0, 0.05) is 35.1 Å². The molecule has 0 aliphatic carbocycles. The number of fused-ring (bicyclic) bond motifs is 3. The van der Waals surface area contributed by atoms with Crippen LogP contribution in [0.15, 0.2) is 67.0 Å². The fourth-order valence-corrected chi connectivity index (χ4v) is 5.10. The third-order valence-electron chi connectivity index (χ3n) is 6.42. The van der Waals surface area contributed by atoms with E-state index in [1.807, 2.05) is 74.2 Å². The van der Waals surface area contributed by atoms with Crippen LogP contribution in [0.5, 0.6) is 0 Å². The molecule has 0 bridgehead atoms. The maximum absolute atomic E-state index is 11.7. The highest BCUT2D eigenvalue weighted by Gasteiger charge is 2.21. The number of nitrogens with zero attached hydrogens (tertiary/aromatic N) is 5. The molecule has 0 aliphatic rings. The summed E-state index contributed by atoms with van der Waals surface area (Å²) in [6.45, 7) is 3.81. The van der Waals surface area contributed by atoms with Crippen molar-refractivity contribution in [1.29, 1.82) is 5.26 Å². The summed E-state index contributed by atoms with van der Waals surface area (Å²) < 4.78 is 23.2. The van der Waals surface area contributed by atoms with Gasteiger partial charge in [0.15, 0.2) is 5.75 Å². The van der Waals surface area contributed by atoms with Crippen LogP contribution < -0.4 is 0 Å². The molecule has 1 unspecified atom stereocenters. The van der Waals surface area contributed by atoms with Crippen molar-refractivity contribution in [3.63, 3.8) is 0 Å². The van der Waals surface area contributed by atoms with E-state index in [9.17, 15) is 14.0 Å². The van der Waals surface area contributed by atoms with E-state index in [0.717, 1.165) is 49.8 Å². The van der Waals surface area contributed by atoms with Crippen molar-refractivity contribution >= 4 is 32.0 Å². The van der Waals surface area contributed by atoms with Gasteiger partial charge < -0.3 is 0 Å². The van der Waals surface area contributed by atoms with Crippen LogP contribution in [0.2, 0.25) is 0 Å². The molecule has 1 atom stereocenters. The molecule has 2 aromatic carbocycles. The Morgan fingerprint density at radius 3 is 2.33 bits per heavy atom. The fraction of sp³-hybridized carbons (Fsp3) is 0.214. The van der Waals surface area contributed by atoms with Crippen LogP contribution in [0.25, 0.3) is 44.2 Å². The molecule has 0 saturated carbocycles. The maximum Gasteiger partial charge on any atom is 0.217 e. The molecule has 3 heterocycles. The number of aromatic nitrogens is 4. The summed E-state index contributed by atoms with van der Waals surface area (Å²) in [6, 6.07) is 20.1. The van der Waals surface area contributed by atoms with Gasteiger partial charge in [0.05, 0.1) is 34.4 Å². The van der Waals surface area contributed by atoms with Gasteiger partial charge in [-0.1, -0.05) is 40.6 Å². The molecule has 8 heteroatoms. The Bertz CT molecular complexity index is 1690. The average Bonchev–Trinajstić information content (AvgIpc) is 3.20. The summed E-state index contributed by atoms with van der Waals surface area (Å²) in [6.07, 6.45) is 4.89. The van der Waals surface area contributed by atoms with Gasteiger partial charge >= 0.3 is 0 Å². The van der Waals surface area contributed by atoms with Crippen LogP contribution in [-0.2, 0) is 32.6 Å². The van der Waals surface area contributed by atoms with Crippen LogP contribution in [0, 0.1) is 11.3 Å². The van der Waals surface area contributed by atoms with Gasteiger partial charge in [-0.05, 0) is 43.2 Å². The molecule has 0 spiro atoms. The predicted molar refractivity (Wildman–Crippen MR) is 144 cm³/mol. The van der Waals surface area contributed by atoms with Crippen LogP contribution in [0.4, 0.5) is 0 Å². The van der Waals surface area contributed by atoms with Gasteiger partial charge in [-0.2, -0.15) is 14.9 Å². The molecule has 0 radical (unpaired) electrons. The fourth-order valence-electron chi connectivity index (χ4n) is 4.38. The summed E-state index contributed by atoms with van der Waals surface area (Å²) in [5.74, 6) is 0.0267. The highest BCUT2D eigenvalue weighted by atomic mass is 32.3. The van der Waals surface area contributed by atoms with Crippen LogP contribution >= 0.6 is 0 Å². The van der Waals surface area contributed by atoms with Crippen molar-refractivity contribution in [2.75, 3.05) is 6.26 Å². The monoisotopic (exact) mass is 496 g/mol. The zero-order valence-corrected chi connectivity index (χ0v) is 21.4. The molecule has 5 rings (SSSR count). The molecule has 36 heavy (non-hydrogen) atoms. The van der Waals surface area contributed by atoms with Gasteiger partial charge in [-0.25, -0.2) is 0 Å². The summed E-state index contributed by atoms with van der Waals surface area (Å²) in [5.41, 5.74) is 6.45. The second-order valence-electron chi connectivity index (χ2n) is 9.68. The van der Waals surface area contributed by atoms with Crippen LogP contribution in [0.3, 0.4) is 0 Å². The second-order valence-corrected chi connectivity index (χ2v) is 11.9. The van der Waals surface area contributed by atoms with Crippen molar-refractivity contribution in [3.05, 3.63) is 78.2 Å². The molecule has 7 nitrogen and oxygen atoms in total. The van der Waals surface area contributed by atoms with E-state index in [1.54, 1.807) is 12.3 Å². The minimum absolute atomic E-state index is 0.0267. The van der Waals surface area contributed by atoms with E-state index in [0.29, 0.717) is 5.69 Å². The van der Waals surface area contributed by atoms with Crippen molar-refractivity contribution in [2.24, 2.45) is 7.05 Å². The van der Waals surface area contributed by atoms with Crippen molar-refractivity contribution in [3.8, 4) is 28.5 Å². The normalized spacial score (nSPS) is 13.6. The largest absolute Gasteiger partial charge is 0.266 e. The molecule has 0 amide bonds. The van der Waals surface area contributed by atoms with E-state index in [4.69, 9.17) is 5.10 Å². The number of hydrogen-bond donors (Lipinski definition) is 1. The third-order valence-corrected chi connectivity index (χ3v) is 7.25. The summed E-state index contributed by atoms with van der Waals surface area (Å²) in [4.78, 5) is 9.04. The Kier molecular flexibility index (Phi) is 5.70. The first kappa shape index (κ1) is 23.8. The zero-order valence-electron chi connectivity index (χ0n) is 20.6. The molecular weight excluding hydrogens is 470 g/mol. The van der Waals surface area contributed by atoms with Crippen molar-refractivity contribution < 1.29 is 8.76 Å². The molecule has 5 aromatic rings. The number of aryl methyl sites for hydroxylation is 1. The summed E-state index contributed by atoms with van der Waals surface area (Å²) >= 11 is 0. The average molecular weight is 497 g/mol. The quantitative estimate of drug-likeness (QED) is 0.311. The summed E-state index contributed by atoms with van der Waals surface area (Å²) in [5, 5.41) is 16.3. The Hall–Kier alpha value is -3.93. The maximum atomic E-state index is 11.7. The van der Waals surface area contributed by atoms with Gasteiger partial charge in [-0.15, -0.1) is 0 Å². The summed E-state index contributed by atoms with van der Waals surface area (Å²) in [7, 11) is -0.986. The lowest BCUT2D eigenvalue weighted by Crippen LogP contribution is -2.13. The lowest BCUT2D eigenvalue weighted by Gasteiger charge is -2.15. The number of rotatable bonds is 5. The Morgan fingerprint density at radius 2 is 1.69 bits per heavy atom. The third kappa shape index (κ3) is 4.39. The van der Waals surface area contributed by atoms with Crippen molar-refractivity contribution in [2.45, 2.75) is 25.0 Å². The molecule has 180 valence electrons. The smallest absolute Gasteiger partial charge is 0.217 e. The Labute approximate surface area is 210 Å². The lowest BCUT2D eigenvalue weighted by molar-refractivity contribution is 0.502. The predicted octanol–water partition coefficient (Wildman–Crippen LogP) is 5.75. The number of hydrogen-bond acceptors (Lipinski definition) is 5. The van der Waals surface area contributed by atoms with Crippen molar-refractivity contribution in [1.82, 2.24) is 19.7 Å². The topological polar surface area (TPSA) is 105 Å². The number of benzene rings is 2. The Balaban J connectivity index is 1.63. The van der Waals surface area contributed by atoms with E-state index in [1.165, 1.54) is 6.26 Å². The minimum atomic E-state index is -2.90. The molecule has 1 N–H and O–H groups in total. The molecular formula is C28H26N5O2S+. The first-order chi connectivity index (χ1) is 17.1. The highest BCUT2D eigenvalue weighted by Crippen LogP contribution is 2.35. The molecule has 0 saturated heterocycles. The Morgan fingerprint density at radius 1 is 1.00 bits per heavy atom. The first-order valence-corrected chi connectivity index (χ1v) is 13.6. The molecule has 0 fully saturated rings. The molecule has 0 aliphatic heterocycles. The molecule has 3 aromatic heterocycles. The zero-order chi connectivity index (χ0) is 25.7. The van der Waals surface area contributed by atoms with E-state index in [2.05, 4.69) is 22.1 Å². The van der Waals surface area contributed by atoms with Crippen LogP contribution in [0.1, 0.15) is 25.1 Å². The van der Waals surface area contributed by atoms with E-state index in [-0.39, 0.29) is 5.75 Å². The van der Waals surface area contributed by atoms with E-state index < -0.39 is 15.6 Å².